The molecule has 1 spiro atoms. The van der Waals surface area contributed by atoms with Crippen LogP contribution in [0, 0.1) is 0 Å². The summed E-state index contributed by atoms with van der Waals surface area (Å²) in [5.74, 6) is -0.675. The van der Waals surface area contributed by atoms with Gasteiger partial charge in [0.1, 0.15) is 0 Å². The van der Waals surface area contributed by atoms with E-state index in [9.17, 15) is 15.0 Å². The van der Waals surface area contributed by atoms with Crippen molar-refractivity contribution >= 4 is 0 Å². The monoisotopic (exact) mass is 310 g/mol. The predicted molar refractivity (Wildman–Crippen MR) is 78.4 cm³/mol. The number of aromatic nitrogens is 1. The fourth-order valence-corrected chi connectivity index (χ4v) is 3.17. The van der Waals surface area contributed by atoms with Gasteiger partial charge in [-0.05, 0) is 0 Å². The highest BCUT2D eigenvalue weighted by molar-refractivity contribution is 5.29. The Morgan fingerprint density at radius 3 is 2.50 bits per heavy atom. The average Bonchev–Trinajstić information content (AvgIpc) is 2.98. The number of aliphatic hydroxyl groups is 1. The van der Waals surface area contributed by atoms with E-state index in [4.69, 9.17) is 9.47 Å². The summed E-state index contributed by atoms with van der Waals surface area (Å²) in [6.07, 6.45) is 1.56. The van der Waals surface area contributed by atoms with Gasteiger partial charge in [-0.15, -0.1) is 0 Å². The van der Waals surface area contributed by atoms with E-state index >= 15 is 0 Å². The van der Waals surface area contributed by atoms with Crippen LogP contribution in [0.1, 0.15) is 24.2 Å². The normalized spacial score (nSPS) is 21.5. The molecule has 7 heteroatoms. The topological polar surface area (TPSA) is 84.2 Å². The number of nitrogens with zero attached hydrogens (tertiary/aromatic N) is 2. The fourth-order valence-electron chi connectivity index (χ4n) is 3.17. The number of hydrogen-bond acceptors (Lipinski definition) is 6. The van der Waals surface area contributed by atoms with Gasteiger partial charge in [0.25, 0.3) is 0 Å². The van der Waals surface area contributed by atoms with E-state index < -0.39 is 11.2 Å². The average molecular weight is 310 g/mol. The highest BCUT2D eigenvalue weighted by Crippen LogP contribution is 2.32. The first-order chi connectivity index (χ1) is 10.5. The Balaban J connectivity index is 1.74. The molecule has 1 aromatic rings. The molecule has 2 saturated heterocycles. The zero-order valence-corrected chi connectivity index (χ0v) is 12.7. The number of ether oxygens (including phenoxy) is 2. The molecule has 0 bridgehead atoms. The van der Waals surface area contributed by atoms with Crippen molar-refractivity contribution in [3.05, 3.63) is 27.7 Å². The van der Waals surface area contributed by atoms with Gasteiger partial charge in [-0.25, -0.2) is 0 Å². The molecular formula is C15H22N2O5. The van der Waals surface area contributed by atoms with E-state index in [2.05, 4.69) is 4.90 Å². The standard InChI is InChI=1S/C15H22N2O5/c1-16-11(10-18)8-13(19)14(20)12(16)9-17-4-2-15(3-5-17)21-6-7-22-15/h8,18,20H,2-7,9-10H2,1H3. The van der Waals surface area contributed by atoms with Crippen molar-refractivity contribution in [1.82, 2.24) is 9.47 Å². The summed E-state index contributed by atoms with van der Waals surface area (Å²) in [6.45, 7) is 3.07. The summed E-state index contributed by atoms with van der Waals surface area (Å²) in [4.78, 5) is 13.9. The van der Waals surface area contributed by atoms with Crippen LogP contribution >= 0.6 is 0 Å². The molecule has 22 heavy (non-hydrogen) atoms. The first kappa shape index (κ1) is 15.5. The summed E-state index contributed by atoms with van der Waals surface area (Å²) < 4.78 is 13.1. The molecule has 1 aromatic heterocycles. The zero-order valence-electron chi connectivity index (χ0n) is 12.7. The lowest BCUT2D eigenvalue weighted by Gasteiger charge is -2.37. The van der Waals surface area contributed by atoms with Crippen molar-refractivity contribution in [3.63, 3.8) is 0 Å². The van der Waals surface area contributed by atoms with Crippen LogP contribution in [0.15, 0.2) is 10.9 Å². The van der Waals surface area contributed by atoms with E-state index in [0.29, 0.717) is 31.1 Å². The molecule has 0 unspecified atom stereocenters. The van der Waals surface area contributed by atoms with Crippen LogP contribution in [0.3, 0.4) is 0 Å². The molecule has 2 aliphatic rings. The van der Waals surface area contributed by atoms with Crippen LogP contribution < -0.4 is 5.43 Å². The number of aromatic hydroxyl groups is 1. The lowest BCUT2D eigenvalue weighted by atomic mass is 10.0. The van der Waals surface area contributed by atoms with Crippen LogP contribution in [0.2, 0.25) is 0 Å². The summed E-state index contributed by atoms with van der Waals surface area (Å²) in [5.41, 5.74) is 0.572. The predicted octanol–water partition coefficient (Wildman–Crippen LogP) is -0.0779. The van der Waals surface area contributed by atoms with Gasteiger partial charge in [-0.1, -0.05) is 0 Å². The van der Waals surface area contributed by atoms with Crippen molar-refractivity contribution in [3.8, 4) is 5.75 Å². The third-order valence-corrected chi connectivity index (χ3v) is 4.61. The van der Waals surface area contributed by atoms with Crippen LogP contribution in [-0.2, 0) is 29.7 Å². The minimum atomic E-state index is -0.451. The lowest BCUT2D eigenvalue weighted by Crippen LogP contribution is -2.45. The summed E-state index contributed by atoms with van der Waals surface area (Å²) in [5, 5.41) is 19.4. The van der Waals surface area contributed by atoms with E-state index in [1.54, 1.807) is 11.6 Å². The van der Waals surface area contributed by atoms with Crippen molar-refractivity contribution in [2.75, 3.05) is 26.3 Å². The largest absolute Gasteiger partial charge is 0.503 e. The van der Waals surface area contributed by atoms with Crippen molar-refractivity contribution in [2.24, 2.45) is 7.05 Å². The molecule has 3 rings (SSSR count). The highest BCUT2D eigenvalue weighted by Gasteiger charge is 2.39. The molecule has 122 valence electrons. The third-order valence-electron chi connectivity index (χ3n) is 4.61. The first-order valence-electron chi connectivity index (χ1n) is 7.56. The number of pyridine rings is 1. The highest BCUT2D eigenvalue weighted by atomic mass is 16.7. The van der Waals surface area contributed by atoms with Crippen molar-refractivity contribution < 1.29 is 19.7 Å². The number of aliphatic hydroxyl groups excluding tert-OH is 1. The van der Waals surface area contributed by atoms with E-state index in [0.717, 1.165) is 25.9 Å². The second-order valence-electron chi connectivity index (χ2n) is 5.90. The minimum absolute atomic E-state index is 0.232. The maximum Gasteiger partial charge on any atom is 0.223 e. The Hall–Kier alpha value is -1.41. The fraction of sp³-hybridized carbons (Fsp3) is 0.667. The lowest BCUT2D eigenvalue weighted by molar-refractivity contribution is -0.185. The van der Waals surface area contributed by atoms with E-state index in [1.165, 1.54) is 6.07 Å². The first-order valence-corrected chi connectivity index (χ1v) is 7.56. The van der Waals surface area contributed by atoms with Gasteiger partial charge >= 0.3 is 0 Å². The van der Waals surface area contributed by atoms with Crippen molar-refractivity contribution in [1.29, 1.82) is 0 Å². The van der Waals surface area contributed by atoms with Crippen LogP contribution in [0.25, 0.3) is 0 Å². The Morgan fingerprint density at radius 2 is 1.91 bits per heavy atom. The van der Waals surface area contributed by atoms with Crippen molar-refractivity contribution in [2.45, 2.75) is 31.8 Å². The molecule has 7 nitrogen and oxygen atoms in total. The van der Waals surface area contributed by atoms with Gasteiger partial charge in [0, 0.05) is 51.3 Å². The molecule has 2 N–H and O–H groups in total. The quantitative estimate of drug-likeness (QED) is 0.812. The van der Waals surface area contributed by atoms with Gasteiger partial charge in [-0.3, -0.25) is 9.69 Å². The van der Waals surface area contributed by atoms with Crippen LogP contribution in [-0.4, -0.2) is 51.8 Å². The zero-order chi connectivity index (χ0) is 15.7. The maximum atomic E-state index is 11.8. The molecule has 2 aliphatic heterocycles. The Labute approximate surface area is 128 Å². The summed E-state index contributed by atoms with van der Waals surface area (Å²) in [7, 11) is 1.74. The second kappa shape index (κ2) is 6.00. The molecule has 0 amide bonds. The van der Waals surface area contributed by atoms with E-state index in [1.807, 2.05) is 0 Å². The molecule has 0 aliphatic carbocycles. The van der Waals surface area contributed by atoms with Crippen LogP contribution in [0.5, 0.6) is 5.75 Å². The molecule has 0 radical (unpaired) electrons. The molecule has 2 fully saturated rings. The van der Waals surface area contributed by atoms with Gasteiger partial charge in [0.15, 0.2) is 11.5 Å². The van der Waals surface area contributed by atoms with Crippen LogP contribution in [0.4, 0.5) is 0 Å². The summed E-state index contributed by atoms with van der Waals surface area (Å²) >= 11 is 0. The number of piperidine rings is 1. The SMILES string of the molecule is Cn1c(CO)cc(=O)c(O)c1CN1CCC2(CC1)OCCO2. The summed E-state index contributed by atoms with van der Waals surface area (Å²) in [6, 6.07) is 1.27. The second-order valence-corrected chi connectivity index (χ2v) is 5.90. The maximum absolute atomic E-state index is 11.8. The van der Waals surface area contributed by atoms with Gasteiger partial charge in [0.2, 0.25) is 5.43 Å². The Morgan fingerprint density at radius 1 is 1.27 bits per heavy atom. The third kappa shape index (κ3) is 2.77. The molecule has 3 heterocycles. The van der Waals surface area contributed by atoms with Gasteiger partial charge in [-0.2, -0.15) is 0 Å². The molecule has 0 saturated carbocycles. The van der Waals surface area contributed by atoms with Gasteiger partial charge in [0.05, 0.1) is 25.5 Å². The Bertz CT molecular complexity index is 597. The number of likely N-dealkylation sites (tertiary alicyclic amines) is 1. The number of hydrogen-bond donors (Lipinski definition) is 2. The van der Waals surface area contributed by atoms with Gasteiger partial charge < -0.3 is 24.3 Å². The minimum Gasteiger partial charge on any atom is -0.503 e. The smallest absolute Gasteiger partial charge is 0.223 e. The number of rotatable bonds is 3. The molecule has 0 aromatic carbocycles. The molecule has 0 atom stereocenters. The van der Waals surface area contributed by atoms with E-state index in [-0.39, 0.29) is 12.4 Å². The molecular weight excluding hydrogens is 288 g/mol. The Kier molecular flexibility index (Phi) is 4.22.